The first-order valence-corrected chi connectivity index (χ1v) is 13.5. The van der Waals surface area contributed by atoms with Gasteiger partial charge in [0.2, 0.25) is 0 Å². The van der Waals surface area contributed by atoms with Crippen LogP contribution in [0.15, 0.2) is 54.6 Å². The molecule has 0 spiro atoms. The fraction of sp³-hybridized carbons (Fsp3) is 0.364. The summed E-state index contributed by atoms with van der Waals surface area (Å²) in [6, 6.07) is 18.3. The highest BCUT2D eigenvalue weighted by atomic mass is 16.5. The second-order valence-electron chi connectivity index (χ2n) is 11.4. The summed E-state index contributed by atoms with van der Waals surface area (Å²) in [4.78, 5) is 13.5. The van der Waals surface area contributed by atoms with Crippen LogP contribution in [0, 0.1) is 0 Å². The van der Waals surface area contributed by atoms with Gasteiger partial charge in [0.15, 0.2) is 0 Å². The van der Waals surface area contributed by atoms with Gasteiger partial charge < -0.3 is 15.6 Å². The summed E-state index contributed by atoms with van der Waals surface area (Å²) in [7, 11) is 0. The van der Waals surface area contributed by atoms with Crippen molar-refractivity contribution < 1.29 is 14.6 Å². The molecule has 0 amide bonds. The van der Waals surface area contributed by atoms with Crippen molar-refractivity contribution in [1.29, 1.82) is 0 Å². The Kier molecular flexibility index (Phi) is 6.61. The highest BCUT2D eigenvalue weighted by Gasteiger charge is 2.27. The third-order valence-corrected chi connectivity index (χ3v) is 7.83. The Morgan fingerprint density at radius 3 is 2.35 bits per heavy atom. The molecular weight excluding hydrogens is 458 g/mol. The predicted molar refractivity (Wildman–Crippen MR) is 153 cm³/mol. The van der Waals surface area contributed by atoms with Crippen LogP contribution in [0.25, 0.3) is 32.7 Å². The lowest BCUT2D eigenvalue weighted by Crippen LogP contribution is -2.21. The van der Waals surface area contributed by atoms with Gasteiger partial charge in [0.25, 0.3) is 0 Å². The zero-order chi connectivity index (χ0) is 26.3. The van der Waals surface area contributed by atoms with Gasteiger partial charge >= 0.3 is 5.97 Å². The van der Waals surface area contributed by atoms with Crippen molar-refractivity contribution in [2.24, 2.45) is 0 Å². The van der Waals surface area contributed by atoms with Crippen molar-refractivity contribution in [1.82, 2.24) is 0 Å². The van der Waals surface area contributed by atoms with Gasteiger partial charge in [0, 0.05) is 16.8 Å². The van der Waals surface area contributed by atoms with Crippen LogP contribution in [0.1, 0.15) is 81.3 Å². The summed E-state index contributed by atoms with van der Waals surface area (Å²) in [5.41, 5.74) is 11.1. The van der Waals surface area contributed by atoms with Gasteiger partial charge in [-0.25, -0.2) is 4.79 Å². The average Bonchev–Trinajstić information content (AvgIpc) is 2.88. The molecule has 192 valence electrons. The van der Waals surface area contributed by atoms with Crippen LogP contribution >= 0.6 is 0 Å². The number of hydrogen-bond acceptors (Lipinski definition) is 4. The zero-order valence-electron chi connectivity index (χ0n) is 22.4. The van der Waals surface area contributed by atoms with E-state index in [1.807, 2.05) is 24.3 Å². The molecule has 4 aromatic rings. The monoisotopic (exact) mass is 495 g/mol. The van der Waals surface area contributed by atoms with E-state index < -0.39 is 5.97 Å². The SMILES string of the molecule is CCc1cc2ccccc2c(-c2c(O)c(C(=O)OC3CCCCC3)cc3cc(C(C)(C)C)ccc23)c1N. The largest absolute Gasteiger partial charge is 0.506 e. The number of carbonyl (C=O) groups excluding carboxylic acids is 1. The molecule has 0 bridgehead atoms. The maximum atomic E-state index is 13.5. The molecule has 0 heterocycles. The lowest BCUT2D eigenvalue weighted by atomic mass is 9.83. The molecule has 0 unspecified atom stereocenters. The van der Waals surface area contributed by atoms with Crippen LogP contribution in [0.5, 0.6) is 5.75 Å². The molecule has 4 aromatic carbocycles. The smallest absolute Gasteiger partial charge is 0.342 e. The van der Waals surface area contributed by atoms with E-state index in [4.69, 9.17) is 10.5 Å². The van der Waals surface area contributed by atoms with Crippen LogP contribution in [-0.2, 0) is 16.6 Å². The van der Waals surface area contributed by atoms with Gasteiger partial charge in [-0.2, -0.15) is 0 Å². The number of nitrogens with two attached hydrogens (primary N) is 1. The summed E-state index contributed by atoms with van der Waals surface area (Å²) in [6.45, 7) is 8.59. The number of phenolic OH excluding ortho intramolecular Hbond substituents is 1. The number of phenols is 1. The van der Waals surface area contributed by atoms with E-state index in [0.29, 0.717) is 11.3 Å². The Hall–Kier alpha value is -3.53. The summed E-state index contributed by atoms with van der Waals surface area (Å²) >= 11 is 0. The van der Waals surface area contributed by atoms with Gasteiger partial charge in [-0.3, -0.25) is 0 Å². The van der Waals surface area contributed by atoms with Crippen LogP contribution in [0.2, 0.25) is 0 Å². The fourth-order valence-electron chi connectivity index (χ4n) is 5.65. The number of anilines is 1. The Morgan fingerprint density at radius 2 is 1.65 bits per heavy atom. The first-order chi connectivity index (χ1) is 17.7. The maximum Gasteiger partial charge on any atom is 0.342 e. The standard InChI is InChI=1S/C33H37NO3/c1-5-20-17-21-11-9-10-14-25(21)28(30(20)34)29-26-16-15-23(33(2,3)4)18-22(26)19-27(31(29)35)32(36)37-24-12-7-6-8-13-24/h9-11,14-19,24,35H,5-8,12-13,34H2,1-4H3. The Morgan fingerprint density at radius 1 is 0.946 bits per heavy atom. The maximum absolute atomic E-state index is 13.5. The molecule has 0 radical (unpaired) electrons. The van der Waals surface area contributed by atoms with Gasteiger partial charge in [0.05, 0.1) is 0 Å². The quantitative estimate of drug-likeness (QED) is 0.221. The second-order valence-corrected chi connectivity index (χ2v) is 11.4. The van der Waals surface area contributed by atoms with E-state index >= 15 is 0 Å². The minimum Gasteiger partial charge on any atom is -0.506 e. The van der Waals surface area contributed by atoms with Gasteiger partial charge in [-0.1, -0.05) is 76.6 Å². The minimum atomic E-state index is -0.469. The van der Waals surface area contributed by atoms with Crippen LogP contribution < -0.4 is 5.73 Å². The molecule has 1 saturated carbocycles. The van der Waals surface area contributed by atoms with E-state index in [1.54, 1.807) is 6.07 Å². The van der Waals surface area contributed by atoms with Crippen molar-refractivity contribution in [2.75, 3.05) is 5.73 Å². The van der Waals surface area contributed by atoms with Crippen molar-refractivity contribution in [2.45, 2.75) is 77.7 Å². The van der Waals surface area contributed by atoms with E-state index in [2.05, 4.69) is 52.0 Å². The van der Waals surface area contributed by atoms with Crippen molar-refractivity contribution in [3.63, 3.8) is 0 Å². The minimum absolute atomic E-state index is 0.0666. The molecule has 5 rings (SSSR count). The number of benzene rings is 4. The molecule has 1 aliphatic carbocycles. The molecular formula is C33H37NO3. The number of carbonyl (C=O) groups is 1. The number of nitrogen functional groups attached to an aromatic ring is 1. The molecule has 0 aromatic heterocycles. The number of hydrogen-bond donors (Lipinski definition) is 2. The number of esters is 1. The predicted octanol–water partition coefficient (Wildman–Crippen LogP) is 8.30. The van der Waals surface area contributed by atoms with Crippen LogP contribution in [-0.4, -0.2) is 17.2 Å². The first-order valence-electron chi connectivity index (χ1n) is 13.5. The number of rotatable bonds is 4. The molecule has 1 fully saturated rings. The molecule has 4 nitrogen and oxygen atoms in total. The van der Waals surface area contributed by atoms with Gasteiger partial charge in [0.1, 0.15) is 17.4 Å². The zero-order valence-corrected chi connectivity index (χ0v) is 22.4. The Bertz CT molecular complexity index is 1490. The Balaban J connectivity index is 1.81. The first kappa shape index (κ1) is 25.1. The highest BCUT2D eigenvalue weighted by molar-refractivity contribution is 6.15. The van der Waals surface area contributed by atoms with E-state index in [1.165, 1.54) is 6.42 Å². The Labute approximate surface area is 219 Å². The lowest BCUT2D eigenvalue weighted by Gasteiger charge is -2.24. The van der Waals surface area contributed by atoms with Crippen LogP contribution in [0.3, 0.4) is 0 Å². The summed E-state index contributed by atoms with van der Waals surface area (Å²) in [6.07, 6.45) is 5.71. The summed E-state index contributed by atoms with van der Waals surface area (Å²) in [5.74, 6) is -0.537. The molecule has 37 heavy (non-hydrogen) atoms. The lowest BCUT2D eigenvalue weighted by molar-refractivity contribution is 0.0208. The average molecular weight is 496 g/mol. The number of aromatic hydroxyl groups is 1. The number of fused-ring (bicyclic) bond motifs is 2. The van der Waals surface area contributed by atoms with Crippen molar-refractivity contribution >= 4 is 33.2 Å². The highest BCUT2D eigenvalue weighted by Crippen LogP contribution is 2.47. The normalized spacial score (nSPS) is 14.8. The third kappa shape index (κ3) is 4.66. The number of aryl methyl sites for hydroxylation is 1. The van der Waals surface area contributed by atoms with Gasteiger partial charge in [-0.05, 0) is 82.3 Å². The summed E-state index contributed by atoms with van der Waals surface area (Å²) in [5, 5.41) is 15.5. The van der Waals surface area contributed by atoms with E-state index in [0.717, 1.165) is 70.3 Å². The number of ether oxygens (including phenoxy) is 1. The molecule has 3 N–H and O–H groups in total. The second kappa shape index (κ2) is 9.74. The molecule has 1 aliphatic rings. The van der Waals surface area contributed by atoms with E-state index in [9.17, 15) is 9.90 Å². The van der Waals surface area contributed by atoms with Gasteiger partial charge in [-0.15, -0.1) is 0 Å². The summed E-state index contributed by atoms with van der Waals surface area (Å²) < 4.78 is 5.93. The molecule has 0 aliphatic heterocycles. The fourth-order valence-corrected chi connectivity index (χ4v) is 5.65. The van der Waals surface area contributed by atoms with Crippen LogP contribution in [0.4, 0.5) is 5.69 Å². The van der Waals surface area contributed by atoms with E-state index in [-0.39, 0.29) is 22.8 Å². The van der Waals surface area contributed by atoms with Crippen molar-refractivity contribution in [3.05, 3.63) is 71.3 Å². The molecule has 4 heteroatoms. The topological polar surface area (TPSA) is 72.5 Å². The van der Waals surface area contributed by atoms with Crippen molar-refractivity contribution in [3.8, 4) is 16.9 Å². The third-order valence-electron chi connectivity index (χ3n) is 7.83. The molecule has 0 atom stereocenters. The molecule has 0 saturated heterocycles.